The van der Waals surface area contributed by atoms with E-state index < -0.39 is 12.6 Å². The first-order valence-electron chi connectivity index (χ1n) is 9.01. The van der Waals surface area contributed by atoms with E-state index in [1.165, 1.54) is 38.5 Å². The molecule has 0 aliphatic rings. The molecule has 0 fully saturated rings. The maximum atomic E-state index is 12.6. The van der Waals surface area contributed by atoms with E-state index in [2.05, 4.69) is 15.6 Å². The van der Waals surface area contributed by atoms with Crippen molar-refractivity contribution in [2.75, 3.05) is 14.1 Å². The van der Waals surface area contributed by atoms with Crippen molar-refractivity contribution in [2.24, 2.45) is 0 Å². The van der Waals surface area contributed by atoms with Crippen molar-refractivity contribution in [3.05, 3.63) is 71.5 Å². The topological polar surface area (TPSA) is 76.0 Å². The lowest BCUT2D eigenvalue weighted by Crippen LogP contribution is -2.22. The Balaban J connectivity index is 2.04. The molecule has 0 aliphatic carbocycles. The van der Waals surface area contributed by atoms with Crippen LogP contribution >= 0.6 is 0 Å². The van der Waals surface area contributed by atoms with Crippen molar-refractivity contribution < 1.29 is 22.8 Å². The number of nitrogens with one attached hydrogen (secondary N) is 2. The van der Waals surface area contributed by atoms with Crippen LogP contribution in [0.15, 0.2) is 54.9 Å². The molecule has 0 spiro atoms. The summed E-state index contributed by atoms with van der Waals surface area (Å²) in [5.41, 5.74) is 1.83. The van der Waals surface area contributed by atoms with E-state index in [1.54, 1.807) is 35.0 Å². The second kappa shape index (κ2) is 8.40. The molecule has 3 rings (SSSR count). The third kappa shape index (κ3) is 4.68. The summed E-state index contributed by atoms with van der Waals surface area (Å²) in [5.74, 6) is -0.259. The van der Waals surface area contributed by atoms with E-state index in [4.69, 9.17) is 0 Å². The zero-order valence-electron chi connectivity index (χ0n) is 16.2. The quantitative estimate of drug-likeness (QED) is 0.670. The summed E-state index contributed by atoms with van der Waals surface area (Å²) >= 11 is 0. The minimum atomic E-state index is -4.28. The minimum Gasteiger partial charge on any atom is -0.355 e. The van der Waals surface area contributed by atoms with Crippen LogP contribution in [-0.2, 0) is 6.42 Å². The van der Waals surface area contributed by atoms with Crippen LogP contribution in [0.1, 0.15) is 26.3 Å². The van der Waals surface area contributed by atoms with Crippen molar-refractivity contribution >= 4 is 11.8 Å². The highest BCUT2D eigenvalue weighted by Gasteiger charge is 2.27. The molecule has 0 atom stereocenters. The number of hydrogen-bond acceptors (Lipinski definition) is 3. The maximum Gasteiger partial charge on any atom is 0.393 e. The molecule has 3 aromatic rings. The highest BCUT2D eigenvalue weighted by atomic mass is 19.4. The molecule has 9 heteroatoms. The number of carbonyl (C=O) groups excluding carboxylic acids is 2. The van der Waals surface area contributed by atoms with Crippen LogP contribution in [0.25, 0.3) is 17.1 Å². The first-order chi connectivity index (χ1) is 14.2. The van der Waals surface area contributed by atoms with E-state index in [0.29, 0.717) is 17.1 Å². The molecule has 2 aromatic carbocycles. The summed E-state index contributed by atoms with van der Waals surface area (Å²) in [5, 5.41) is 5.04. The lowest BCUT2D eigenvalue weighted by Gasteiger charge is -2.13. The molecule has 0 saturated heterocycles. The molecule has 1 aromatic heterocycles. The van der Waals surface area contributed by atoms with Crippen LogP contribution in [0.5, 0.6) is 0 Å². The summed E-state index contributed by atoms with van der Waals surface area (Å²) in [6, 6.07) is 10.6. The SMILES string of the molecule is CNC(=O)c1cc(C(=O)NC)cc(-n2ccnc2-c2ccc(CC(F)(F)F)cc2)c1. The van der Waals surface area contributed by atoms with Crippen LogP contribution in [0.2, 0.25) is 0 Å². The summed E-state index contributed by atoms with van der Waals surface area (Å²) in [7, 11) is 2.97. The number of rotatable bonds is 5. The number of carbonyl (C=O) groups is 2. The fourth-order valence-corrected chi connectivity index (χ4v) is 3.03. The third-order valence-corrected chi connectivity index (χ3v) is 4.43. The molecule has 0 unspecified atom stereocenters. The Labute approximate surface area is 170 Å². The van der Waals surface area contributed by atoms with Crippen molar-refractivity contribution in [1.82, 2.24) is 20.2 Å². The Bertz CT molecular complexity index is 1040. The molecule has 2 N–H and O–H groups in total. The molecule has 30 heavy (non-hydrogen) atoms. The van der Waals surface area contributed by atoms with Gasteiger partial charge in [-0.25, -0.2) is 4.98 Å². The van der Waals surface area contributed by atoms with Crippen molar-refractivity contribution in [3.8, 4) is 17.1 Å². The van der Waals surface area contributed by atoms with Gasteiger partial charge in [0.2, 0.25) is 0 Å². The zero-order valence-corrected chi connectivity index (χ0v) is 16.2. The predicted molar refractivity (Wildman–Crippen MR) is 106 cm³/mol. The summed E-state index contributed by atoms with van der Waals surface area (Å²) in [4.78, 5) is 28.6. The van der Waals surface area contributed by atoms with Gasteiger partial charge in [-0.15, -0.1) is 0 Å². The van der Waals surface area contributed by atoms with E-state index in [0.717, 1.165) is 0 Å². The normalized spacial score (nSPS) is 11.2. The summed E-state index contributed by atoms with van der Waals surface area (Å²) in [6.07, 6.45) is -2.11. The fourth-order valence-electron chi connectivity index (χ4n) is 3.03. The Morgan fingerprint density at radius 1 is 0.967 bits per heavy atom. The Morgan fingerprint density at radius 2 is 1.53 bits per heavy atom. The molecule has 2 amide bonds. The number of benzene rings is 2. The zero-order chi connectivity index (χ0) is 21.9. The summed E-state index contributed by atoms with van der Waals surface area (Å²) < 4.78 is 39.4. The van der Waals surface area contributed by atoms with Gasteiger partial charge in [0.05, 0.1) is 6.42 Å². The van der Waals surface area contributed by atoms with Gasteiger partial charge in [0, 0.05) is 48.9 Å². The molecule has 0 bridgehead atoms. The largest absolute Gasteiger partial charge is 0.393 e. The van der Waals surface area contributed by atoms with Gasteiger partial charge in [0.15, 0.2) is 0 Å². The van der Waals surface area contributed by atoms with Crippen LogP contribution in [-0.4, -0.2) is 41.6 Å². The van der Waals surface area contributed by atoms with E-state index in [-0.39, 0.29) is 28.5 Å². The number of aromatic nitrogens is 2. The first-order valence-corrected chi connectivity index (χ1v) is 9.01. The Kier molecular flexibility index (Phi) is 5.91. The predicted octanol–water partition coefficient (Wildman–Crippen LogP) is 3.36. The lowest BCUT2D eigenvalue weighted by atomic mass is 10.1. The van der Waals surface area contributed by atoms with Gasteiger partial charge in [-0.05, 0) is 23.8 Å². The van der Waals surface area contributed by atoms with Gasteiger partial charge in [0.25, 0.3) is 11.8 Å². The Hall–Kier alpha value is -3.62. The van der Waals surface area contributed by atoms with E-state index >= 15 is 0 Å². The number of amides is 2. The van der Waals surface area contributed by atoms with Crippen LogP contribution in [0.4, 0.5) is 13.2 Å². The van der Waals surface area contributed by atoms with Gasteiger partial charge in [-0.3, -0.25) is 14.2 Å². The van der Waals surface area contributed by atoms with Crippen molar-refractivity contribution in [1.29, 1.82) is 0 Å². The lowest BCUT2D eigenvalue weighted by molar-refractivity contribution is -0.127. The van der Waals surface area contributed by atoms with Gasteiger partial charge in [-0.1, -0.05) is 24.3 Å². The molecule has 1 heterocycles. The van der Waals surface area contributed by atoms with Crippen LogP contribution < -0.4 is 10.6 Å². The average molecular weight is 416 g/mol. The van der Waals surface area contributed by atoms with Crippen molar-refractivity contribution in [3.63, 3.8) is 0 Å². The first kappa shape index (κ1) is 21.1. The van der Waals surface area contributed by atoms with Crippen LogP contribution in [0, 0.1) is 0 Å². The molecular formula is C21H19F3N4O2. The molecule has 0 radical (unpaired) electrons. The van der Waals surface area contributed by atoms with Crippen molar-refractivity contribution in [2.45, 2.75) is 12.6 Å². The minimum absolute atomic E-state index is 0.146. The number of halogens is 3. The number of imidazole rings is 1. The van der Waals surface area contributed by atoms with Gasteiger partial charge < -0.3 is 10.6 Å². The monoisotopic (exact) mass is 416 g/mol. The highest BCUT2D eigenvalue weighted by molar-refractivity contribution is 6.00. The molecule has 0 aliphatic heterocycles. The molecular weight excluding hydrogens is 397 g/mol. The van der Waals surface area contributed by atoms with Crippen LogP contribution in [0.3, 0.4) is 0 Å². The Morgan fingerprint density at radius 3 is 2.03 bits per heavy atom. The fraction of sp³-hybridized carbons (Fsp3) is 0.190. The highest BCUT2D eigenvalue weighted by Crippen LogP contribution is 2.26. The van der Waals surface area contributed by atoms with E-state index in [1.807, 2.05) is 0 Å². The smallest absolute Gasteiger partial charge is 0.355 e. The number of nitrogens with zero attached hydrogens (tertiary/aromatic N) is 2. The number of hydrogen-bond donors (Lipinski definition) is 2. The molecule has 6 nitrogen and oxygen atoms in total. The standard InChI is InChI=1S/C21H19F3N4O2/c1-25-19(29)15-9-16(20(30)26-2)11-17(10-15)28-8-7-27-18(28)14-5-3-13(4-6-14)12-21(22,23)24/h3-11H,12H2,1-2H3,(H,25,29)(H,26,30). The molecule has 0 saturated carbocycles. The number of alkyl halides is 3. The molecule has 156 valence electrons. The van der Waals surface area contributed by atoms with E-state index in [9.17, 15) is 22.8 Å². The third-order valence-electron chi connectivity index (χ3n) is 4.43. The maximum absolute atomic E-state index is 12.6. The second-order valence-corrected chi connectivity index (χ2v) is 6.54. The van der Waals surface area contributed by atoms with Gasteiger partial charge >= 0.3 is 6.18 Å². The van der Waals surface area contributed by atoms with Gasteiger partial charge in [0.1, 0.15) is 5.82 Å². The average Bonchev–Trinajstić information content (AvgIpc) is 3.21. The summed E-state index contributed by atoms with van der Waals surface area (Å²) in [6.45, 7) is 0. The van der Waals surface area contributed by atoms with Gasteiger partial charge in [-0.2, -0.15) is 13.2 Å². The second-order valence-electron chi connectivity index (χ2n) is 6.54.